The van der Waals surface area contributed by atoms with Gasteiger partial charge in [0, 0.05) is 56.2 Å². The Morgan fingerprint density at radius 3 is 2.70 bits per heavy atom. The van der Waals surface area contributed by atoms with Gasteiger partial charge in [0.15, 0.2) is 5.65 Å². The van der Waals surface area contributed by atoms with E-state index in [1.807, 2.05) is 37.2 Å². The molecule has 0 unspecified atom stereocenters. The van der Waals surface area contributed by atoms with Crippen molar-refractivity contribution < 1.29 is 4.79 Å². The fourth-order valence-corrected chi connectivity index (χ4v) is 2.72. The van der Waals surface area contributed by atoms with Crippen LogP contribution in [0, 0.1) is 0 Å². The first-order valence-electron chi connectivity index (χ1n) is 8.31. The molecular weight excluding hydrogens is 342 g/mol. The van der Waals surface area contributed by atoms with Crippen molar-refractivity contribution in [3.8, 4) is 11.3 Å². The predicted molar refractivity (Wildman–Crippen MR) is 103 cm³/mol. The van der Waals surface area contributed by atoms with Gasteiger partial charge in [-0.15, -0.1) is 0 Å². The van der Waals surface area contributed by atoms with E-state index in [0.717, 1.165) is 17.1 Å². The highest BCUT2D eigenvalue weighted by molar-refractivity contribution is 6.08. The smallest absolute Gasteiger partial charge is 0.261 e. The zero-order chi connectivity index (χ0) is 18.8. The summed E-state index contributed by atoms with van der Waals surface area (Å²) in [6.45, 7) is 0. The molecule has 0 aliphatic heterocycles. The van der Waals surface area contributed by atoms with Crippen LogP contribution in [0.15, 0.2) is 61.3 Å². The average molecular weight is 359 g/mol. The lowest BCUT2D eigenvalue weighted by molar-refractivity contribution is 0.102. The summed E-state index contributed by atoms with van der Waals surface area (Å²) in [7, 11) is 3.78. The third-order valence-corrected chi connectivity index (χ3v) is 4.06. The van der Waals surface area contributed by atoms with Crippen molar-refractivity contribution in [2.45, 2.75) is 0 Å². The maximum atomic E-state index is 12.8. The van der Waals surface area contributed by atoms with E-state index in [-0.39, 0.29) is 5.91 Å². The average Bonchev–Trinajstić information content (AvgIpc) is 3.13. The molecule has 0 aliphatic rings. The fourth-order valence-electron chi connectivity index (χ4n) is 2.72. The Kier molecular flexibility index (Phi) is 4.21. The monoisotopic (exact) mass is 359 g/mol. The second-order valence-electron chi connectivity index (χ2n) is 6.12. The van der Waals surface area contributed by atoms with Crippen LogP contribution in [0.5, 0.6) is 0 Å². The number of hydrogen-bond donors (Lipinski definition) is 1. The van der Waals surface area contributed by atoms with Gasteiger partial charge in [0.1, 0.15) is 11.4 Å². The molecule has 0 aliphatic carbocycles. The summed E-state index contributed by atoms with van der Waals surface area (Å²) < 4.78 is 1.64. The van der Waals surface area contributed by atoms with Crippen molar-refractivity contribution in [3.05, 3.63) is 66.9 Å². The molecule has 0 fully saturated rings. The van der Waals surface area contributed by atoms with Crippen LogP contribution in [0.2, 0.25) is 0 Å². The van der Waals surface area contributed by atoms with Crippen molar-refractivity contribution in [1.29, 1.82) is 0 Å². The number of carbonyl (C=O) groups excluding carboxylic acids is 1. The first-order chi connectivity index (χ1) is 13.1. The van der Waals surface area contributed by atoms with Gasteiger partial charge in [-0.1, -0.05) is 0 Å². The molecule has 4 rings (SSSR count). The second kappa shape index (κ2) is 6.83. The van der Waals surface area contributed by atoms with Crippen LogP contribution < -0.4 is 10.2 Å². The molecule has 0 radical (unpaired) electrons. The summed E-state index contributed by atoms with van der Waals surface area (Å²) in [4.78, 5) is 27.4. The van der Waals surface area contributed by atoms with E-state index in [1.165, 1.54) is 6.20 Å². The van der Waals surface area contributed by atoms with Crippen LogP contribution in [0.3, 0.4) is 0 Å². The standard InChI is InChI=1S/C19H17N7O/c1-25(2)17-10-14(5-8-21-17)24-19(27)15-12-23-26-16(6-9-22-18(15)26)13-4-3-7-20-11-13/h3-12H,1-2H3,(H,21,24,27). The largest absolute Gasteiger partial charge is 0.363 e. The van der Waals surface area contributed by atoms with Crippen molar-refractivity contribution in [1.82, 2.24) is 24.6 Å². The van der Waals surface area contributed by atoms with Gasteiger partial charge in [-0.3, -0.25) is 9.78 Å². The van der Waals surface area contributed by atoms with Crippen molar-refractivity contribution in [2.75, 3.05) is 24.3 Å². The second-order valence-corrected chi connectivity index (χ2v) is 6.12. The molecule has 4 aromatic heterocycles. The molecule has 8 nitrogen and oxygen atoms in total. The molecule has 4 heterocycles. The van der Waals surface area contributed by atoms with E-state index >= 15 is 0 Å². The molecule has 134 valence electrons. The minimum Gasteiger partial charge on any atom is -0.363 e. The Morgan fingerprint density at radius 1 is 1.07 bits per heavy atom. The predicted octanol–water partition coefficient (Wildman–Crippen LogP) is 2.50. The molecule has 0 spiro atoms. The summed E-state index contributed by atoms with van der Waals surface area (Å²) in [6, 6.07) is 9.17. The molecule has 0 aromatic carbocycles. The van der Waals surface area contributed by atoms with Crippen molar-refractivity contribution >= 4 is 23.1 Å². The maximum absolute atomic E-state index is 12.8. The normalized spacial score (nSPS) is 10.7. The molecule has 8 heteroatoms. The van der Waals surface area contributed by atoms with E-state index in [0.29, 0.717) is 16.9 Å². The number of nitrogens with zero attached hydrogens (tertiary/aromatic N) is 6. The Labute approximate surface area is 155 Å². The molecule has 1 N–H and O–H groups in total. The fraction of sp³-hybridized carbons (Fsp3) is 0.105. The van der Waals surface area contributed by atoms with Gasteiger partial charge in [-0.2, -0.15) is 5.10 Å². The van der Waals surface area contributed by atoms with Gasteiger partial charge in [-0.05, 0) is 24.3 Å². The summed E-state index contributed by atoms with van der Waals surface area (Å²) in [5.41, 5.74) is 3.23. The van der Waals surface area contributed by atoms with E-state index in [9.17, 15) is 4.79 Å². The number of pyridine rings is 2. The van der Waals surface area contributed by atoms with Crippen molar-refractivity contribution in [2.24, 2.45) is 0 Å². The number of nitrogens with one attached hydrogen (secondary N) is 1. The number of anilines is 2. The summed E-state index contributed by atoms with van der Waals surface area (Å²) in [6.07, 6.45) is 8.29. The van der Waals surface area contributed by atoms with Gasteiger partial charge in [0.05, 0.1) is 11.9 Å². The van der Waals surface area contributed by atoms with E-state index in [2.05, 4.69) is 25.4 Å². The SMILES string of the molecule is CN(C)c1cc(NC(=O)c2cnn3c(-c4cccnc4)ccnc23)ccn1. The minimum atomic E-state index is -0.281. The zero-order valence-electron chi connectivity index (χ0n) is 14.9. The van der Waals surface area contributed by atoms with E-state index in [4.69, 9.17) is 0 Å². The lowest BCUT2D eigenvalue weighted by Crippen LogP contribution is -2.14. The molecule has 27 heavy (non-hydrogen) atoms. The molecule has 0 saturated carbocycles. The number of carbonyl (C=O) groups is 1. The van der Waals surface area contributed by atoms with Gasteiger partial charge in [0.25, 0.3) is 5.91 Å². The lowest BCUT2D eigenvalue weighted by atomic mass is 10.2. The van der Waals surface area contributed by atoms with Crippen LogP contribution in [-0.4, -0.2) is 44.6 Å². The van der Waals surface area contributed by atoms with Crippen LogP contribution in [0.4, 0.5) is 11.5 Å². The van der Waals surface area contributed by atoms with Crippen molar-refractivity contribution in [3.63, 3.8) is 0 Å². The maximum Gasteiger partial charge on any atom is 0.261 e. The van der Waals surface area contributed by atoms with Gasteiger partial charge < -0.3 is 10.2 Å². The lowest BCUT2D eigenvalue weighted by Gasteiger charge is -2.12. The number of hydrogen-bond acceptors (Lipinski definition) is 6. The quantitative estimate of drug-likeness (QED) is 0.602. The van der Waals surface area contributed by atoms with Crippen LogP contribution in [0.25, 0.3) is 16.9 Å². The number of rotatable bonds is 4. The Bertz CT molecular complexity index is 1110. The molecule has 4 aromatic rings. The first kappa shape index (κ1) is 16.6. The Balaban J connectivity index is 1.68. The highest BCUT2D eigenvalue weighted by Crippen LogP contribution is 2.21. The Hall–Kier alpha value is -3.81. The number of aromatic nitrogens is 5. The van der Waals surface area contributed by atoms with Gasteiger partial charge in [0.2, 0.25) is 0 Å². The molecule has 1 amide bonds. The van der Waals surface area contributed by atoms with Crippen LogP contribution in [0.1, 0.15) is 10.4 Å². The van der Waals surface area contributed by atoms with Crippen LogP contribution >= 0.6 is 0 Å². The molecule has 0 saturated heterocycles. The molecule has 0 atom stereocenters. The first-order valence-corrected chi connectivity index (χ1v) is 8.31. The minimum absolute atomic E-state index is 0.281. The third kappa shape index (κ3) is 3.20. The summed E-state index contributed by atoms with van der Waals surface area (Å²) >= 11 is 0. The zero-order valence-corrected chi connectivity index (χ0v) is 14.9. The molecule has 0 bridgehead atoms. The number of amides is 1. The molecular formula is C19H17N7O. The topological polar surface area (TPSA) is 88.3 Å². The van der Waals surface area contributed by atoms with Gasteiger partial charge in [-0.25, -0.2) is 14.5 Å². The highest BCUT2D eigenvalue weighted by Gasteiger charge is 2.16. The summed E-state index contributed by atoms with van der Waals surface area (Å²) in [5.74, 6) is 0.474. The van der Waals surface area contributed by atoms with Gasteiger partial charge >= 0.3 is 0 Å². The van der Waals surface area contributed by atoms with E-state index in [1.54, 1.807) is 41.4 Å². The Morgan fingerprint density at radius 2 is 1.93 bits per heavy atom. The third-order valence-electron chi connectivity index (χ3n) is 4.06. The highest BCUT2D eigenvalue weighted by atomic mass is 16.1. The summed E-state index contributed by atoms with van der Waals surface area (Å²) in [5, 5.41) is 7.23. The number of fused-ring (bicyclic) bond motifs is 1. The van der Waals surface area contributed by atoms with Crippen LogP contribution in [-0.2, 0) is 0 Å². The van der Waals surface area contributed by atoms with E-state index < -0.39 is 0 Å².